The molecule has 3 aromatic rings. The van der Waals surface area contributed by atoms with Crippen molar-refractivity contribution in [3.8, 4) is 0 Å². The van der Waals surface area contributed by atoms with Gasteiger partial charge in [-0.25, -0.2) is 19.3 Å². The summed E-state index contributed by atoms with van der Waals surface area (Å²) in [5.41, 5.74) is 0.712. The molecular formula is C18H17FN5O6P. The van der Waals surface area contributed by atoms with Gasteiger partial charge in [0.05, 0.1) is 6.33 Å². The minimum absolute atomic E-state index is 0.101. The number of aromatic nitrogens is 4. The highest BCUT2D eigenvalue weighted by atomic mass is 31.2. The van der Waals surface area contributed by atoms with Crippen molar-refractivity contribution < 1.29 is 33.4 Å². The van der Waals surface area contributed by atoms with Gasteiger partial charge in [0.1, 0.15) is 18.5 Å². The van der Waals surface area contributed by atoms with Crippen LogP contribution in [0, 0.1) is 0 Å². The van der Waals surface area contributed by atoms with Crippen molar-refractivity contribution >= 4 is 30.5 Å². The fourth-order valence-corrected chi connectivity index (χ4v) is 3.53. The standard InChI is InChI=1S/C18H17FN5O6P/c19-12-14(25)11(6-7-31(27,28)29)30-18(12)24-9-22-13-15(20-8-21-16(13)24)23-17(26)10-4-2-1-3-5-10/h1-9,11-12,14,18,25H,(H2,27,28,29)(H,20,21,23,26)/b7-6+. The van der Waals surface area contributed by atoms with Crippen molar-refractivity contribution in [2.24, 2.45) is 0 Å². The zero-order chi connectivity index (χ0) is 22.2. The number of fused-ring (bicyclic) bond motifs is 1. The number of nitrogens with one attached hydrogen (secondary N) is 1. The number of carbonyl (C=O) groups is 1. The quantitative estimate of drug-likeness (QED) is 0.422. The molecule has 0 spiro atoms. The first-order valence-corrected chi connectivity index (χ1v) is 10.7. The summed E-state index contributed by atoms with van der Waals surface area (Å²) in [6.45, 7) is 0. The number of aliphatic hydroxyl groups is 1. The van der Waals surface area contributed by atoms with Gasteiger partial charge in [-0.2, -0.15) is 0 Å². The molecule has 31 heavy (non-hydrogen) atoms. The van der Waals surface area contributed by atoms with Crippen LogP contribution in [0.3, 0.4) is 0 Å². The number of hydrogen-bond donors (Lipinski definition) is 4. The summed E-state index contributed by atoms with van der Waals surface area (Å²) in [4.78, 5) is 42.5. The number of alkyl halides is 1. The normalized spacial score (nSPS) is 24.1. The van der Waals surface area contributed by atoms with Crippen molar-refractivity contribution in [2.75, 3.05) is 5.32 Å². The van der Waals surface area contributed by atoms with Gasteiger partial charge in [0, 0.05) is 11.4 Å². The summed E-state index contributed by atoms with van der Waals surface area (Å²) in [6.07, 6.45) is -2.95. The Bertz CT molecular complexity index is 1180. The molecule has 4 rings (SSSR count). The maximum atomic E-state index is 14.7. The third-order valence-corrected chi connectivity index (χ3v) is 5.16. The smallest absolute Gasteiger partial charge is 0.348 e. The van der Waals surface area contributed by atoms with Gasteiger partial charge in [0.25, 0.3) is 5.91 Å². The topological polar surface area (TPSA) is 160 Å². The molecule has 4 unspecified atom stereocenters. The second-order valence-electron chi connectivity index (χ2n) is 6.72. The fraction of sp³-hybridized carbons (Fsp3) is 0.222. The number of amides is 1. The highest BCUT2D eigenvalue weighted by Crippen LogP contribution is 2.39. The molecule has 13 heteroatoms. The Balaban J connectivity index is 1.61. The first-order valence-electron chi connectivity index (χ1n) is 9.01. The van der Waals surface area contributed by atoms with E-state index in [2.05, 4.69) is 20.3 Å². The van der Waals surface area contributed by atoms with E-state index in [1.54, 1.807) is 30.3 Å². The molecule has 2 aromatic heterocycles. The van der Waals surface area contributed by atoms with Gasteiger partial charge in [0.15, 0.2) is 29.4 Å². The lowest BCUT2D eigenvalue weighted by atomic mass is 10.1. The third-order valence-electron chi connectivity index (χ3n) is 4.60. The van der Waals surface area contributed by atoms with Crippen LogP contribution in [0.5, 0.6) is 0 Å². The van der Waals surface area contributed by atoms with Crippen LogP contribution in [0.2, 0.25) is 0 Å². The Hall–Kier alpha value is -3.02. The van der Waals surface area contributed by atoms with Gasteiger partial charge in [-0.3, -0.25) is 13.9 Å². The summed E-state index contributed by atoms with van der Waals surface area (Å²) < 4.78 is 32.4. The zero-order valence-corrected chi connectivity index (χ0v) is 16.6. The van der Waals surface area contributed by atoms with Gasteiger partial charge < -0.3 is 24.9 Å². The van der Waals surface area contributed by atoms with Crippen LogP contribution < -0.4 is 5.32 Å². The minimum atomic E-state index is -4.50. The molecule has 3 heterocycles. The van der Waals surface area contributed by atoms with Crippen molar-refractivity contribution in [1.82, 2.24) is 19.5 Å². The van der Waals surface area contributed by atoms with Gasteiger partial charge in [-0.1, -0.05) is 18.2 Å². The molecule has 0 saturated carbocycles. The number of ether oxygens (including phenoxy) is 1. The molecule has 1 amide bonds. The number of benzene rings is 1. The molecule has 4 atom stereocenters. The van der Waals surface area contributed by atoms with E-state index in [0.717, 1.165) is 12.4 Å². The maximum Gasteiger partial charge on any atom is 0.348 e. The Labute approximate surface area is 174 Å². The van der Waals surface area contributed by atoms with E-state index >= 15 is 0 Å². The second-order valence-corrected chi connectivity index (χ2v) is 8.20. The van der Waals surface area contributed by atoms with E-state index in [-0.39, 0.29) is 17.0 Å². The Morgan fingerprint density at radius 3 is 2.68 bits per heavy atom. The van der Waals surface area contributed by atoms with E-state index in [1.165, 1.54) is 10.9 Å². The van der Waals surface area contributed by atoms with Gasteiger partial charge >= 0.3 is 7.60 Å². The molecule has 1 saturated heterocycles. The summed E-state index contributed by atoms with van der Waals surface area (Å²) in [5, 5.41) is 12.7. The predicted molar refractivity (Wildman–Crippen MR) is 106 cm³/mol. The van der Waals surface area contributed by atoms with E-state index in [1.807, 2.05) is 0 Å². The zero-order valence-electron chi connectivity index (χ0n) is 15.7. The molecule has 1 aliphatic heterocycles. The Morgan fingerprint density at radius 1 is 1.23 bits per heavy atom. The van der Waals surface area contributed by atoms with Crippen LogP contribution in [0.1, 0.15) is 16.6 Å². The van der Waals surface area contributed by atoms with E-state index in [9.17, 15) is 18.9 Å². The summed E-state index contributed by atoms with van der Waals surface area (Å²) in [5.74, 6) is 0.222. The number of imidazole rings is 1. The van der Waals surface area contributed by atoms with Gasteiger partial charge in [0.2, 0.25) is 0 Å². The van der Waals surface area contributed by atoms with Crippen molar-refractivity contribution in [3.05, 3.63) is 60.4 Å². The van der Waals surface area contributed by atoms with Crippen LogP contribution in [0.4, 0.5) is 10.2 Å². The highest BCUT2D eigenvalue weighted by Gasteiger charge is 2.45. The van der Waals surface area contributed by atoms with Crippen LogP contribution in [0.15, 0.2) is 54.9 Å². The summed E-state index contributed by atoms with van der Waals surface area (Å²) in [7, 11) is -4.50. The lowest BCUT2D eigenvalue weighted by molar-refractivity contribution is -0.00168. The predicted octanol–water partition coefficient (Wildman–Crippen LogP) is 1.37. The average Bonchev–Trinajstić information content (AvgIpc) is 3.29. The number of aliphatic hydroxyl groups excluding tert-OH is 1. The molecule has 1 aromatic carbocycles. The molecule has 0 aliphatic carbocycles. The Morgan fingerprint density at radius 2 is 1.97 bits per heavy atom. The largest absolute Gasteiger partial charge is 0.387 e. The average molecular weight is 449 g/mol. The van der Waals surface area contributed by atoms with Gasteiger partial charge in [-0.15, -0.1) is 0 Å². The third kappa shape index (κ3) is 4.38. The Kier molecular flexibility index (Phi) is 5.65. The van der Waals surface area contributed by atoms with Crippen LogP contribution in [-0.4, -0.2) is 58.7 Å². The molecule has 1 aliphatic rings. The molecule has 11 nitrogen and oxygen atoms in total. The van der Waals surface area contributed by atoms with Crippen LogP contribution >= 0.6 is 7.60 Å². The number of halogens is 1. The summed E-state index contributed by atoms with van der Waals surface area (Å²) in [6, 6.07) is 8.44. The number of nitrogens with zero attached hydrogens (tertiary/aromatic N) is 4. The van der Waals surface area contributed by atoms with Crippen LogP contribution in [-0.2, 0) is 9.30 Å². The molecule has 162 valence electrons. The molecule has 4 N–H and O–H groups in total. The van der Waals surface area contributed by atoms with Crippen molar-refractivity contribution in [1.29, 1.82) is 0 Å². The molecule has 1 fully saturated rings. The minimum Gasteiger partial charge on any atom is -0.387 e. The number of carbonyl (C=O) groups excluding carboxylic acids is 1. The van der Waals surface area contributed by atoms with Crippen LogP contribution in [0.25, 0.3) is 11.2 Å². The number of rotatable bonds is 5. The lowest BCUT2D eigenvalue weighted by Gasteiger charge is -2.15. The number of hydrogen-bond acceptors (Lipinski definition) is 7. The van der Waals surface area contributed by atoms with Crippen molar-refractivity contribution in [2.45, 2.75) is 24.6 Å². The number of anilines is 1. The summed E-state index contributed by atoms with van der Waals surface area (Å²) >= 11 is 0. The van der Waals surface area contributed by atoms with Crippen molar-refractivity contribution in [3.63, 3.8) is 0 Å². The maximum absolute atomic E-state index is 14.7. The van der Waals surface area contributed by atoms with E-state index < -0.39 is 38.1 Å². The lowest BCUT2D eigenvalue weighted by Crippen LogP contribution is -2.27. The highest BCUT2D eigenvalue weighted by molar-refractivity contribution is 7.55. The molecule has 0 radical (unpaired) electrons. The van der Waals surface area contributed by atoms with Gasteiger partial charge in [-0.05, 0) is 18.2 Å². The SMILES string of the molecule is O=C(Nc1ncnc2c1ncn2C1OC(/C=C/P(=O)(O)O)C(O)C1F)c1ccccc1. The first kappa shape index (κ1) is 21.2. The van der Waals surface area contributed by atoms with E-state index in [0.29, 0.717) is 11.4 Å². The van der Waals surface area contributed by atoms with E-state index in [4.69, 9.17) is 14.5 Å². The fourth-order valence-electron chi connectivity index (χ4n) is 3.14. The molecule has 0 bridgehead atoms. The monoisotopic (exact) mass is 449 g/mol. The molecular weight excluding hydrogens is 432 g/mol. The second kappa shape index (κ2) is 8.25. The first-order chi connectivity index (χ1) is 14.7.